The van der Waals surface area contributed by atoms with Crippen molar-refractivity contribution in [3.05, 3.63) is 83.5 Å². The van der Waals surface area contributed by atoms with Gasteiger partial charge < -0.3 is 4.90 Å². The smallest absolute Gasteiger partial charge is 0.256 e. The molecule has 152 valence electrons. The largest absolute Gasteiger partial charge is 0.339 e. The molecule has 1 saturated heterocycles. The highest BCUT2D eigenvalue weighted by molar-refractivity contribution is 7.18. The van der Waals surface area contributed by atoms with E-state index in [9.17, 15) is 4.79 Å². The normalized spacial score (nSPS) is 15.2. The summed E-state index contributed by atoms with van der Waals surface area (Å²) in [6, 6.07) is 22.5. The lowest BCUT2D eigenvalue weighted by molar-refractivity contribution is 0.0715. The van der Waals surface area contributed by atoms with Crippen LogP contribution in [0, 0.1) is 0 Å². The number of fused-ring (bicyclic) bond motifs is 4. The van der Waals surface area contributed by atoms with Crippen molar-refractivity contribution in [2.24, 2.45) is 0 Å². The Morgan fingerprint density at radius 1 is 0.935 bits per heavy atom. The fraction of sp³-hybridized carbons (Fsp3) is 0.192. The lowest BCUT2D eigenvalue weighted by Gasteiger charge is -2.31. The maximum absolute atomic E-state index is 13.5. The number of hydrogen-bond acceptors (Lipinski definition) is 4. The number of nitrogens with zero attached hydrogens (tertiary/aromatic N) is 3. The van der Waals surface area contributed by atoms with E-state index in [0.717, 1.165) is 53.1 Å². The van der Waals surface area contributed by atoms with Gasteiger partial charge >= 0.3 is 0 Å². The van der Waals surface area contributed by atoms with Gasteiger partial charge in [-0.3, -0.25) is 9.78 Å². The number of rotatable bonds is 2. The highest BCUT2D eigenvalue weighted by Crippen LogP contribution is 2.35. The van der Waals surface area contributed by atoms with Gasteiger partial charge in [0.15, 0.2) is 0 Å². The number of aromatic nitrogens is 2. The van der Waals surface area contributed by atoms with E-state index >= 15 is 0 Å². The van der Waals surface area contributed by atoms with Crippen LogP contribution in [0.5, 0.6) is 0 Å². The topological polar surface area (TPSA) is 46.1 Å². The second kappa shape index (κ2) is 7.43. The first-order chi connectivity index (χ1) is 15.3. The van der Waals surface area contributed by atoms with Gasteiger partial charge in [-0.1, -0.05) is 42.5 Å². The summed E-state index contributed by atoms with van der Waals surface area (Å²) < 4.78 is 1.24. The van der Waals surface area contributed by atoms with Gasteiger partial charge in [0.05, 0.1) is 26.3 Å². The maximum atomic E-state index is 13.5. The summed E-state index contributed by atoms with van der Waals surface area (Å²) >= 11 is 1.79. The molecule has 0 N–H and O–H groups in total. The Hall–Kier alpha value is -3.31. The van der Waals surface area contributed by atoms with E-state index in [1.807, 2.05) is 35.2 Å². The number of carbonyl (C=O) groups excluding carboxylic acids is 1. The standard InChI is InChI=1S/C26H21N3OS/c30-26(21-16-18-6-1-2-7-19(18)20-8-5-13-27-24(20)21)29-14-11-17(12-15-29)25-28-22-9-3-4-10-23(22)31-25/h1-10,13,16-17H,11-12,14-15H2. The van der Waals surface area contributed by atoms with Crippen molar-refractivity contribution in [2.45, 2.75) is 18.8 Å². The first kappa shape index (κ1) is 18.5. The molecule has 4 nitrogen and oxygen atoms in total. The van der Waals surface area contributed by atoms with E-state index in [1.54, 1.807) is 17.5 Å². The van der Waals surface area contributed by atoms with E-state index in [-0.39, 0.29) is 5.91 Å². The molecule has 5 heteroatoms. The molecule has 0 saturated carbocycles. The summed E-state index contributed by atoms with van der Waals surface area (Å²) in [7, 11) is 0. The van der Waals surface area contributed by atoms with Crippen LogP contribution in [-0.2, 0) is 0 Å². The summed E-state index contributed by atoms with van der Waals surface area (Å²) in [5.41, 5.74) is 2.57. The third kappa shape index (κ3) is 3.17. The van der Waals surface area contributed by atoms with Crippen LogP contribution in [-0.4, -0.2) is 33.9 Å². The van der Waals surface area contributed by atoms with Gasteiger partial charge in [0, 0.05) is 30.6 Å². The third-order valence-electron chi connectivity index (χ3n) is 6.29. The molecule has 0 unspecified atom stereocenters. The summed E-state index contributed by atoms with van der Waals surface area (Å²) in [5, 5.41) is 4.45. The predicted molar refractivity (Wildman–Crippen MR) is 127 cm³/mol. The molecule has 0 bridgehead atoms. The minimum atomic E-state index is 0.0807. The number of thiazole rings is 1. The van der Waals surface area contributed by atoms with E-state index in [1.165, 1.54) is 9.71 Å². The fourth-order valence-corrected chi connectivity index (χ4v) is 5.79. The van der Waals surface area contributed by atoms with Gasteiger partial charge in [0.1, 0.15) is 0 Å². The van der Waals surface area contributed by atoms with Crippen LogP contribution in [0.4, 0.5) is 0 Å². The average molecular weight is 424 g/mol. The number of amides is 1. The fourth-order valence-electron chi connectivity index (χ4n) is 4.66. The van der Waals surface area contributed by atoms with Crippen molar-refractivity contribution < 1.29 is 4.79 Å². The molecule has 0 aliphatic carbocycles. The van der Waals surface area contributed by atoms with Gasteiger partial charge in [-0.15, -0.1) is 11.3 Å². The number of hydrogen-bond donors (Lipinski definition) is 0. The summed E-state index contributed by atoms with van der Waals surface area (Å²) in [6.07, 6.45) is 3.67. The van der Waals surface area contributed by atoms with Gasteiger partial charge in [0.2, 0.25) is 0 Å². The zero-order valence-corrected chi connectivity index (χ0v) is 17.8. The summed E-state index contributed by atoms with van der Waals surface area (Å²) in [5.74, 6) is 0.505. The second-order valence-corrected chi connectivity index (χ2v) is 9.19. The number of pyridine rings is 1. The Morgan fingerprint density at radius 2 is 1.71 bits per heavy atom. The summed E-state index contributed by atoms with van der Waals surface area (Å²) in [4.78, 5) is 24.9. The minimum Gasteiger partial charge on any atom is -0.339 e. The molecule has 1 aliphatic rings. The van der Waals surface area contributed by atoms with Crippen molar-refractivity contribution in [2.75, 3.05) is 13.1 Å². The van der Waals surface area contributed by atoms with Crippen LogP contribution in [0.2, 0.25) is 0 Å². The number of likely N-dealkylation sites (tertiary alicyclic amines) is 1. The molecule has 31 heavy (non-hydrogen) atoms. The molecular formula is C26H21N3OS. The van der Waals surface area contributed by atoms with Crippen molar-refractivity contribution in [1.82, 2.24) is 14.9 Å². The Morgan fingerprint density at radius 3 is 2.58 bits per heavy atom. The number of benzene rings is 3. The molecule has 2 aromatic heterocycles. The molecule has 1 aliphatic heterocycles. The van der Waals surface area contributed by atoms with E-state index in [4.69, 9.17) is 4.98 Å². The molecule has 0 spiro atoms. The first-order valence-electron chi connectivity index (χ1n) is 10.7. The highest BCUT2D eigenvalue weighted by atomic mass is 32.1. The van der Waals surface area contributed by atoms with Crippen LogP contribution >= 0.6 is 11.3 Å². The molecule has 5 aromatic rings. The van der Waals surface area contributed by atoms with Crippen LogP contribution in [0.25, 0.3) is 31.9 Å². The van der Waals surface area contributed by atoms with E-state index in [2.05, 4.69) is 41.4 Å². The lowest BCUT2D eigenvalue weighted by Crippen LogP contribution is -2.38. The third-order valence-corrected chi connectivity index (χ3v) is 7.48. The Balaban J connectivity index is 1.29. The van der Waals surface area contributed by atoms with Crippen molar-refractivity contribution in [1.29, 1.82) is 0 Å². The molecule has 1 amide bonds. The Bertz CT molecular complexity index is 1400. The molecule has 6 rings (SSSR count). The van der Waals surface area contributed by atoms with Gasteiger partial charge in [-0.25, -0.2) is 4.98 Å². The SMILES string of the molecule is O=C(c1cc2ccccc2c2cccnc12)N1CCC(c2nc3ccccc3s2)CC1. The minimum absolute atomic E-state index is 0.0807. The Labute approximate surface area is 184 Å². The first-order valence-corrected chi connectivity index (χ1v) is 11.5. The lowest BCUT2D eigenvalue weighted by atomic mass is 9.95. The van der Waals surface area contributed by atoms with Gasteiger partial charge in [0.25, 0.3) is 5.91 Å². The zero-order valence-electron chi connectivity index (χ0n) is 17.0. The van der Waals surface area contributed by atoms with Crippen LogP contribution in [0.15, 0.2) is 72.9 Å². The number of para-hydroxylation sites is 1. The van der Waals surface area contributed by atoms with Crippen LogP contribution in [0.1, 0.15) is 34.1 Å². The predicted octanol–water partition coefficient (Wildman–Crippen LogP) is 6.02. The second-order valence-electron chi connectivity index (χ2n) is 8.13. The van der Waals surface area contributed by atoms with E-state index < -0.39 is 0 Å². The van der Waals surface area contributed by atoms with Crippen LogP contribution in [0.3, 0.4) is 0 Å². The molecule has 0 atom stereocenters. The number of carbonyl (C=O) groups is 1. The van der Waals surface area contributed by atoms with Crippen molar-refractivity contribution >= 4 is 49.1 Å². The highest BCUT2D eigenvalue weighted by Gasteiger charge is 2.28. The molecule has 0 radical (unpaired) electrons. The molecule has 3 aromatic carbocycles. The molecular weight excluding hydrogens is 402 g/mol. The molecule has 1 fully saturated rings. The van der Waals surface area contributed by atoms with Crippen molar-refractivity contribution in [3.63, 3.8) is 0 Å². The molecule has 3 heterocycles. The van der Waals surface area contributed by atoms with Gasteiger partial charge in [-0.2, -0.15) is 0 Å². The maximum Gasteiger partial charge on any atom is 0.256 e. The summed E-state index contributed by atoms with van der Waals surface area (Å²) in [6.45, 7) is 1.50. The number of piperidine rings is 1. The zero-order chi connectivity index (χ0) is 20.8. The monoisotopic (exact) mass is 423 g/mol. The van der Waals surface area contributed by atoms with Crippen LogP contribution < -0.4 is 0 Å². The Kier molecular flexibility index (Phi) is 4.42. The quantitative estimate of drug-likeness (QED) is 0.326. The van der Waals surface area contributed by atoms with Crippen molar-refractivity contribution in [3.8, 4) is 0 Å². The van der Waals surface area contributed by atoms with Gasteiger partial charge in [-0.05, 0) is 47.9 Å². The average Bonchev–Trinajstić information content (AvgIpc) is 3.28. The van der Waals surface area contributed by atoms with E-state index in [0.29, 0.717) is 11.5 Å².